The van der Waals surface area contributed by atoms with Crippen LogP contribution in [0.2, 0.25) is 0 Å². The molecule has 3 nitrogen and oxygen atoms in total. The van der Waals surface area contributed by atoms with Crippen LogP contribution in [0, 0.1) is 5.92 Å². The van der Waals surface area contributed by atoms with Crippen molar-refractivity contribution in [3.63, 3.8) is 0 Å². The van der Waals surface area contributed by atoms with Crippen molar-refractivity contribution in [2.24, 2.45) is 5.92 Å². The third-order valence-electron chi connectivity index (χ3n) is 3.72. The Hall–Kier alpha value is -1.64. The highest BCUT2D eigenvalue weighted by Gasteiger charge is 2.23. The van der Waals surface area contributed by atoms with Crippen molar-refractivity contribution >= 4 is 11.5 Å². The molecule has 0 aliphatic heterocycles. The highest BCUT2D eigenvalue weighted by atomic mass is 16.5. The number of nitrogens with zero attached hydrogens (tertiary/aromatic N) is 1. The Bertz CT molecular complexity index is 505. The number of pyridine rings is 1. The normalized spacial score (nSPS) is 18.8. The molecule has 20 heavy (non-hydrogen) atoms. The van der Waals surface area contributed by atoms with E-state index in [2.05, 4.69) is 38.1 Å². The summed E-state index contributed by atoms with van der Waals surface area (Å²) < 4.78 is 5.09. The molecule has 0 saturated carbocycles. The maximum absolute atomic E-state index is 11.7. The molecular weight excluding hydrogens is 250 g/mol. The van der Waals surface area contributed by atoms with Gasteiger partial charge in [-0.15, -0.1) is 0 Å². The van der Waals surface area contributed by atoms with Gasteiger partial charge in [0.25, 0.3) is 0 Å². The second kappa shape index (κ2) is 6.69. The minimum Gasteiger partial charge on any atom is -0.466 e. The van der Waals surface area contributed by atoms with Crippen molar-refractivity contribution in [3.8, 4) is 0 Å². The Morgan fingerprint density at radius 2 is 2.25 bits per heavy atom. The van der Waals surface area contributed by atoms with Crippen molar-refractivity contribution in [2.75, 3.05) is 6.61 Å². The van der Waals surface area contributed by atoms with Crippen LogP contribution in [0.1, 0.15) is 57.3 Å². The van der Waals surface area contributed by atoms with Crippen LogP contribution in [0.5, 0.6) is 0 Å². The van der Waals surface area contributed by atoms with Gasteiger partial charge in [-0.05, 0) is 49.8 Å². The number of ether oxygens (including phenoxy) is 1. The van der Waals surface area contributed by atoms with E-state index in [1.165, 1.54) is 5.57 Å². The highest BCUT2D eigenvalue weighted by molar-refractivity contribution is 5.75. The fraction of sp³-hybridized carbons (Fsp3) is 0.529. The molecule has 0 amide bonds. The van der Waals surface area contributed by atoms with Crippen LogP contribution >= 0.6 is 0 Å². The largest absolute Gasteiger partial charge is 0.466 e. The molecule has 0 bridgehead atoms. The minimum atomic E-state index is -0.0632. The third-order valence-corrected chi connectivity index (χ3v) is 3.72. The first-order valence-electron chi connectivity index (χ1n) is 7.44. The summed E-state index contributed by atoms with van der Waals surface area (Å²) in [6.45, 7) is 6.61. The molecule has 108 valence electrons. The van der Waals surface area contributed by atoms with E-state index < -0.39 is 0 Å². The summed E-state index contributed by atoms with van der Waals surface area (Å²) in [6, 6.07) is 6.19. The molecule has 0 N–H and O–H groups in total. The number of carbonyl (C=O) groups excluding carboxylic acids is 1. The highest BCUT2D eigenvalue weighted by Crippen LogP contribution is 2.30. The fourth-order valence-corrected chi connectivity index (χ4v) is 2.49. The SMILES string of the molecule is CCOC(=O)[C@@H]1CC=C(c2cccc(C(C)C)n2)CC1. The number of allylic oxidation sites excluding steroid dienone is 2. The van der Waals surface area contributed by atoms with E-state index >= 15 is 0 Å². The average molecular weight is 273 g/mol. The number of aromatic nitrogens is 1. The van der Waals surface area contributed by atoms with Crippen molar-refractivity contribution in [3.05, 3.63) is 35.7 Å². The van der Waals surface area contributed by atoms with Gasteiger partial charge >= 0.3 is 5.97 Å². The van der Waals surface area contributed by atoms with E-state index in [9.17, 15) is 4.79 Å². The number of carbonyl (C=O) groups is 1. The molecule has 1 aliphatic rings. The lowest BCUT2D eigenvalue weighted by molar-refractivity contribution is -0.148. The van der Waals surface area contributed by atoms with E-state index in [0.717, 1.165) is 30.7 Å². The Labute approximate surface area is 121 Å². The molecule has 0 radical (unpaired) electrons. The van der Waals surface area contributed by atoms with Gasteiger partial charge in [-0.3, -0.25) is 9.78 Å². The summed E-state index contributed by atoms with van der Waals surface area (Å²) in [5.41, 5.74) is 3.43. The van der Waals surface area contributed by atoms with Gasteiger partial charge < -0.3 is 4.74 Å². The van der Waals surface area contributed by atoms with E-state index in [4.69, 9.17) is 9.72 Å². The molecule has 1 heterocycles. The summed E-state index contributed by atoms with van der Waals surface area (Å²) >= 11 is 0. The van der Waals surface area contributed by atoms with Gasteiger partial charge in [0.2, 0.25) is 0 Å². The van der Waals surface area contributed by atoms with Crippen LogP contribution in [0.3, 0.4) is 0 Å². The van der Waals surface area contributed by atoms with Crippen LogP contribution in [0.25, 0.3) is 5.57 Å². The molecule has 1 aromatic rings. The zero-order chi connectivity index (χ0) is 14.5. The van der Waals surface area contributed by atoms with E-state index in [-0.39, 0.29) is 11.9 Å². The Kier molecular flexibility index (Phi) is 4.94. The molecular formula is C17H23NO2. The number of hydrogen-bond donors (Lipinski definition) is 0. The number of hydrogen-bond acceptors (Lipinski definition) is 3. The molecule has 0 spiro atoms. The summed E-state index contributed by atoms with van der Waals surface area (Å²) in [4.78, 5) is 16.4. The molecule has 1 aromatic heterocycles. The van der Waals surface area contributed by atoms with E-state index in [0.29, 0.717) is 12.5 Å². The Balaban J connectivity index is 2.08. The molecule has 0 aromatic carbocycles. The summed E-state index contributed by atoms with van der Waals surface area (Å²) in [6.07, 6.45) is 4.68. The lowest BCUT2D eigenvalue weighted by Gasteiger charge is -2.20. The lowest BCUT2D eigenvalue weighted by Crippen LogP contribution is -2.19. The van der Waals surface area contributed by atoms with E-state index in [1.54, 1.807) is 0 Å². The zero-order valence-electron chi connectivity index (χ0n) is 12.6. The Morgan fingerprint density at radius 3 is 2.85 bits per heavy atom. The van der Waals surface area contributed by atoms with Crippen LogP contribution < -0.4 is 0 Å². The second-order valence-corrected chi connectivity index (χ2v) is 5.56. The Morgan fingerprint density at radius 1 is 1.45 bits per heavy atom. The van der Waals surface area contributed by atoms with Crippen LogP contribution in [0.15, 0.2) is 24.3 Å². The standard InChI is InChI=1S/C17H23NO2/c1-4-20-17(19)14-10-8-13(9-11-14)16-7-5-6-15(18-16)12(2)3/h5-8,12,14H,4,9-11H2,1-3H3/t14-/m1/s1. The maximum Gasteiger partial charge on any atom is 0.309 e. The molecule has 0 saturated heterocycles. The number of esters is 1. The van der Waals surface area contributed by atoms with Crippen molar-refractivity contribution in [2.45, 2.75) is 46.0 Å². The molecule has 1 atom stereocenters. The quantitative estimate of drug-likeness (QED) is 0.780. The van der Waals surface area contributed by atoms with Crippen molar-refractivity contribution in [1.29, 1.82) is 0 Å². The van der Waals surface area contributed by atoms with Crippen LogP contribution in [-0.4, -0.2) is 17.6 Å². The second-order valence-electron chi connectivity index (χ2n) is 5.56. The van der Waals surface area contributed by atoms with Gasteiger partial charge in [0.05, 0.1) is 18.2 Å². The molecule has 1 aliphatic carbocycles. The van der Waals surface area contributed by atoms with Crippen LogP contribution in [-0.2, 0) is 9.53 Å². The predicted octanol–water partition coefficient (Wildman–Crippen LogP) is 3.95. The summed E-state index contributed by atoms with van der Waals surface area (Å²) in [7, 11) is 0. The van der Waals surface area contributed by atoms with Crippen LogP contribution in [0.4, 0.5) is 0 Å². The first-order valence-corrected chi connectivity index (χ1v) is 7.44. The third kappa shape index (κ3) is 3.47. The summed E-state index contributed by atoms with van der Waals surface area (Å²) in [5.74, 6) is 0.394. The monoisotopic (exact) mass is 273 g/mol. The molecule has 0 fully saturated rings. The fourth-order valence-electron chi connectivity index (χ4n) is 2.49. The van der Waals surface area contributed by atoms with Gasteiger partial charge in [-0.2, -0.15) is 0 Å². The van der Waals surface area contributed by atoms with Gasteiger partial charge in [0.15, 0.2) is 0 Å². The minimum absolute atomic E-state index is 0.0204. The predicted molar refractivity (Wildman–Crippen MR) is 80.3 cm³/mol. The molecule has 0 unspecified atom stereocenters. The van der Waals surface area contributed by atoms with Crippen molar-refractivity contribution < 1.29 is 9.53 Å². The lowest BCUT2D eigenvalue weighted by atomic mass is 9.88. The first-order chi connectivity index (χ1) is 9.61. The van der Waals surface area contributed by atoms with Gasteiger partial charge in [-0.25, -0.2) is 0 Å². The zero-order valence-corrected chi connectivity index (χ0v) is 12.6. The topological polar surface area (TPSA) is 39.2 Å². The molecule has 3 heteroatoms. The van der Waals surface area contributed by atoms with E-state index in [1.807, 2.05) is 6.92 Å². The van der Waals surface area contributed by atoms with Gasteiger partial charge in [-0.1, -0.05) is 26.0 Å². The molecule has 2 rings (SSSR count). The number of rotatable bonds is 4. The smallest absolute Gasteiger partial charge is 0.309 e. The van der Waals surface area contributed by atoms with Crippen molar-refractivity contribution in [1.82, 2.24) is 4.98 Å². The average Bonchev–Trinajstić information content (AvgIpc) is 2.48. The van der Waals surface area contributed by atoms with Gasteiger partial charge in [0.1, 0.15) is 0 Å². The van der Waals surface area contributed by atoms with Gasteiger partial charge in [0, 0.05) is 5.69 Å². The maximum atomic E-state index is 11.7. The summed E-state index contributed by atoms with van der Waals surface area (Å²) in [5, 5.41) is 0. The first kappa shape index (κ1) is 14.8.